The van der Waals surface area contributed by atoms with Crippen molar-refractivity contribution in [3.05, 3.63) is 36.4 Å². The van der Waals surface area contributed by atoms with Gasteiger partial charge in [0.1, 0.15) is 6.54 Å². The molecule has 0 radical (unpaired) electrons. The molecule has 2 aromatic rings. The van der Waals surface area contributed by atoms with Crippen molar-refractivity contribution >= 4 is 32.4 Å². The van der Waals surface area contributed by atoms with Crippen LogP contribution in [0, 0.1) is 0 Å². The normalized spacial score (nSPS) is 16.5. The van der Waals surface area contributed by atoms with Crippen molar-refractivity contribution in [3.8, 4) is 0 Å². The van der Waals surface area contributed by atoms with Gasteiger partial charge in [0.25, 0.3) is 10.0 Å². The van der Waals surface area contributed by atoms with Crippen LogP contribution in [0.5, 0.6) is 0 Å². The number of carbonyl (C=O) groups excluding carboxylic acids is 1. The Labute approximate surface area is 136 Å². The van der Waals surface area contributed by atoms with Crippen LogP contribution in [0.2, 0.25) is 0 Å². The smallest absolute Gasteiger partial charge is 0.265 e. The highest BCUT2D eigenvalue weighted by Gasteiger charge is 2.36. The second-order valence-corrected chi connectivity index (χ2v) is 7.73. The van der Waals surface area contributed by atoms with Crippen molar-refractivity contribution in [1.29, 1.82) is 0 Å². The van der Waals surface area contributed by atoms with E-state index in [0.29, 0.717) is 11.1 Å². The summed E-state index contributed by atoms with van der Waals surface area (Å²) >= 11 is 0. The second-order valence-electron chi connectivity index (χ2n) is 5.90. The van der Waals surface area contributed by atoms with Crippen LogP contribution in [-0.4, -0.2) is 26.9 Å². The van der Waals surface area contributed by atoms with Crippen LogP contribution < -0.4 is 9.62 Å². The fraction of sp³-hybridized carbons (Fsp3) is 0.353. The molecule has 23 heavy (non-hydrogen) atoms. The SMILES string of the molecule is CCC[C@@H](C)NC(=O)CN1c2cccc3cccc(c23)S1(=O)=O. The molecule has 1 atom stereocenters. The molecule has 2 aromatic carbocycles. The van der Waals surface area contributed by atoms with E-state index < -0.39 is 10.0 Å². The first-order valence-corrected chi connectivity index (χ1v) is 9.23. The van der Waals surface area contributed by atoms with Gasteiger partial charge in [-0.25, -0.2) is 8.42 Å². The molecule has 6 heteroatoms. The monoisotopic (exact) mass is 332 g/mol. The van der Waals surface area contributed by atoms with Gasteiger partial charge in [-0.1, -0.05) is 37.6 Å². The molecule has 1 N–H and O–H groups in total. The van der Waals surface area contributed by atoms with Crippen molar-refractivity contribution in [2.24, 2.45) is 0 Å². The Bertz CT molecular complexity index is 856. The zero-order valence-electron chi connectivity index (χ0n) is 13.2. The van der Waals surface area contributed by atoms with Gasteiger partial charge in [0.05, 0.1) is 10.6 Å². The minimum atomic E-state index is -3.67. The molecule has 1 aliphatic heterocycles. The van der Waals surface area contributed by atoms with Crippen molar-refractivity contribution in [1.82, 2.24) is 5.32 Å². The first-order chi connectivity index (χ1) is 10.9. The Balaban J connectivity index is 1.93. The highest BCUT2D eigenvalue weighted by molar-refractivity contribution is 7.93. The zero-order chi connectivity index (χ0) is 16.6. The van der Waals surface area contributed by atoms with Gasteiger partial charge >= 0.3 is 0 Å². The Morgan fingerprint density at radius 2 is 1.91 bits per heavy atom. The number of sulfonamides is 1. The molecule has 1 heterocycles. The maximum Gasteiger partial charge on any atom is 0.265 e. The minimum Gasteiger partial charge on any atom is -0.352 e. The van der Waals surface area contributed by atoms with E-state index in [2.05, 4.69) is 5.32 Å². The molecule has 0 saturated carbocycles. The van der Waals surface area contributed by atoms with Gasteiger partial charge in [-0.15, -0.1) is 0 Å². The maximum atomic E-state index is 12.8. The number of amides is 1. The fourth-order valence-electron chi connectivity index (χ4n) is 3.08. The number of carbonyl (C=O) groups is 1. The summed E-state index contributed by atoms with van der Waals surface area (Å²) in [5.74, 6) is -0.278. The summed E-state index contributed by atoms with van der Waals surface area (Å²) in [7, 11) is -3.67. The van der Waals surface area contributed by atoms with Crippen molar-refractivity contribution in [2.75, 3.05) is 10.8 Å². The number of hydrogen-bond acceptors (Lipinski definition) is 3. The topological polar surface area (TPSA) is 66.5 Å². The highest BCUT2D eigenvalue weighted by Crippen LogP contribution is 2.41. The number of rotatable bonds is 5. The third kappa shape index (κ3) is 2.67. The summed E-state index contributed by atoms with van der Waals surface area (Å²) in [6.07, 6.45) is 1.84. The number of hydrogen-bond donors (Lipinski definition) is 1. The lowest BCUT2D eigenvalue weighted by Crippen LogP contribution is -2.42. The highest BCUT2D eigenvalue weighted by atomic mass is 32.2. The average molecular weight is 332 g/mol. The fourth-order valence-corrected chi connectivity index (χ4v) is 4.75. The number of nitrogens with zero attached hydrogens (tertiary/aromatic N) is 1. The van der Waals surface area contributed by atoms with Gasteiger partial charge in [-0.2, -0.15) is 0 Å². The lowest BCUT2D eigenvalue weighted by molar-refractivity contribution is -0.120. The Hall–Kier alpha value is -2.08. The van der Waals surface area contributed by atoms with Crippen LogP contribution in [0.15, 0.2) is 41.3 Å². The quantitative estimate of drug-likeness (QED) is 0.915. The van der Waals surface area contributed by atoms with E-state index in [9.17, 15) is 13.2 Å². The lowest BCUT2D eigenvalue weighted by atomic mass is 10.1. The average Bonchev–Trinajstić information content (AvgIpc) is 2.71. The Kier molecular flexibility index (Phi) is 4.02. The predicted molar refractivity (Wildman–Crippen MR) is 91.0 cm³/mol. The molecule has 0 bridgehead atoms. The second kappa shape index (κ2) is 5.85. The van der Waals surface area contributed by atoms with Gasteiger partial charge in [0, 0.05) is 11.4 Å². The zero-order valence-corrected chi connectivity index (χ0v) is 14.1. The molecular weight excluding hydrogens is 312 g/mol. The number of nitrogens with one attached hydrogen (secondary N) is 1. The summed E-state index contributed by atoms with van der Waals surface area (Å²) in [4.78, 5) is 12.5. The molecule has 0 unspecified atom stereocenters. The molecule has 0 aliphatic carbocycles. The van der Waals surface area contributed by atoms with Gasteiger partial charge in [-0.05, 0) is 30.9 Å². The first kappa shape index (κ1) is 15.8. The van der Waals surface area contributed by atoms with Gasteiger partial charge in [0.15, 0.2) is 0 Å². The summed E-state index contributed by atoms with van der Waals surface area (Å²) in [6.45, 7) is 3.78. The van der Waals surface area contributed by atoms with Gasteiger partial charge in [-0.3, -0.25) is 9.10 Å². The van der Waals surface area contributed by atoms with Crippen molar-refractivity contribution in [3.63, 3.8) is 0 Å². The number of anilines is 1. The molecule has 0 spiro atoms. The molecular formula is C17H20N2O3S. The molecule has 5 nitrogen and oxygen atoms in total. The summed E-state index contributed by atoms with van der Waals surface area (Å²) in [5.41, 5.74) is 0.580. The van der Waals surface area contributed by atoms with E-state index >= 15 is 0 Å². The molecule has 1 aliphatic rings. The van der Waals surface area contributed by atoms with E-state index in [-0.39, 0.29) is 23.4 Å². The van der Waals surface area contributed by atoms with Crippen LogP contribution in [0.3, 0.4) is 0 Å². The molecule has 0 aromatic heterocycles. The van der Waals surface area contributed by atoms with Crippen LogP contribution in [0.4, 0.5) is 5.69 Å². The predicted octanol–water partition coefficient (Wildman–Crippen LogP) is 2.65. The number of benzene rings is 2. The van der Waals surface area contributed by atoms with E-state index in [1.807, 2.05) is 32.0 Å². The molecule has 1 amide bonds. The maximum absolute atomic E-state index is 12.8. The Morgan fingerprint density at radius 3 is 2.61 bits per heavy atom. The van der Waals surface area contributed by atoms with Crippen LogP contribution in [0.1, 0.15) is 26.7 Å². The standard InChI is InChI=1S/C17H20N2O3S/c1-3-6-12(2)18-16(20)11-19-14-9-4-7-13-8-5-10-15(17(13)14)23(19,21)22/h4-5,7-10,12H,3,6,11H2,1-2H3,(H,18,20)/t12-/m1/s1. The van der Waals surface area contributed by atoms with Crippen LogP contribution in [0.25, 0.3) is 10.8 Å². The summed E-state index contributed by atoms with van der Waals surface area (Å²) < 4.78 is 26.7. The molecule has 3 rings (SSSR count). The third-order valence-corrected chi connectivity index (χ3v) is 5.90. The lowest BCUT2D eigenvalue weighted by Gasteiger charge is -2.20. The van der Waals surface area contributed by atoms with Crippen LogP contribution >= 0.6 is 0 Å². The molecule has 0 fully saturated rings. The Morgan fingerprint density at radius 1 is 1.22 bits per heavy atom. The van der Waals surface area contributed by atoms with Gasteiger partial charge < -0.3 is 5.32 Å². The summed E-state index contributed by atoms with van der Waals surface area (Å²) in [5, 5.41) is 4.42. The van der Waals surface area contributed by atoms with Crippen LogP contribution in [-0.2, 0) is 14.8 Å². The van der Waals surface area contributed by atoms with E-state index in [4.69, 9.17) is 0 Å². The van der Waals surface area contributed by atoms with Gasteiger partial charge in [0.2, 0.25) is 5.91 Å². The van der Waals surface area contributed by atoms with Crippen molar-refractivity contribution in [2.45, 2.75) is 37.6 Å². The third-order valence-electron chi connectivity index (χ3n) is 4.10. The summed E-state index contributed by atoms with van der Waals surface area (Å²) in [6, 6.07) is 10.7. The van der Waals surface area contributed by atoms with E-state index in [0.717, 1.165) is 18.2 Å². The molecule has 0 saturated heterocycles. The van der Waals surface area contributed by atoms with Crippen molar-refractivity contribution < 1.29 is 13.2 Å². The molecule has 122 valence electrons. The largest absolute Gasteiger partial charge is 0.352 e. The van der Waals surface area contributed by atoms with E-state index in [1.54, 1.807) is 18.2 Å². The first-order valence-electron chi connectivity index (χ1n) is 7.79. The minimum absolute atomic E-state index is 0.0379. The van der Waals surface area contributed by atoms with E-state index in [1.165, 1.54) is 4.31 Å².